The monoisotopic (exact) mass is 281 g/mol. The number of aromatic nitrogens is 5. The second-order valence-electron chi connectivity index (χ2n) is 4.31. The van der Waals surface area contributed by atoms with Crippen LogP contribution >= 0.6 is 11.6 Å². The summed E-state index contributed by atoms with van der Waals surface area (Å²) in [7, 11) is 0. The van der Waals surface area contributed by atoms with Crippen LogP contribution in [0.1, 0.15) is 0 Å². The first kappa shape index (κ1) is 11.3. The van der Waals surface area contributed by atoms with Crippen LogP contribution in [0.25, 0.3) is 27.9 Å². The van der Waals surface area contributed by atoms with Gasteiger partial charge >= 0.3 is 0 Å². The molecule has 4 aromatic rings. The van der Waals surface area contributed by atoms with E-state index >= 15 is 0 Å². The van der Waals surface area contributed by atoms with E-state index in [-0.39, 0.29) is 0 Å². The van der Waals surface area contributed by atoms with Crippen LogP contribution in [-0.4, -0.2) is 24.6 Å². The summed E-state index contributed by atoms with van der Waals surface area (Å²) in [4.78, 5) is 8.36. The summed E-state index contributed by atoms with van der Waals surface area (Å²) in [6.07, 6.45) is 5.20. The Morgan fingerprint density at radius 3 is 2.85 bits per heavy atom. The maximum atomic E-state index is 6.03. The summed E-state index contributed by atoms with van der Waals surface area (Å²) in [5.74, 6) is 0.725. The van der Waals surface area contributed by atoms with Crippen molar-refractivity contribution in [1.82, 2.24) is 24.6 Å². The zero-order valence-corrected chi connectivity index (χ0v) is 11.0. The van der Waals surface area contributed by atoms with E-state index in [9.17, 15) is 0 Å². The summed E-state index contributed by atoms with van der Waals surface area (Å²) >= 11 is 6.03. The zero-order chi connectivity index (χ0) is 13.5. The van der Waals surface area contributed by atoms with Crippen LogP contribution < -0.4 is 0 Å². The average Bonchev–Trinajstić information content (AvgIpc) is 2.92. The highest BCUT2D eigenvalue weighted by atomic mass is 35.5. The number of benzene rings is 1. The van der Waals surface area contributed by atoms with Gasteiger partial charge in [-0.1, -0.05) is 29.8 Å². The highest BCUT2D eigenvalue weighted by molar-refractivity contribution is 6.32. The first-order chi connectivity index (χ1) is 9.84. The van der Waals surface area contributed by atoms with Gasteiger partial charge in [0, 0.05) is 29.5 Å². The zero-order valence-electron chi connectivity index (χ0n) is 10.2. The lowest BCUT2D eigenvalue weighted by atomic mass is 10.1. The molecule has 0 aliphatic heterocycles. The molecule has 0 unspecified atom stereocenters. The molecule has 0 saturated heterocycles. The van der Waals surface area contributed by atoms with Crippen molar-refractivity contribution in [2.45, 2.75) is 0 Å². The first-order valence-electron chi connectivity index (χ1n) is 6.04. The van der Waals surface area contributed by atoms with Crippen molar-refractivity contribution >= 4 is 28.2 Å². The van der Waals surface area contributed by atoms with Crippen molar-refractivity contribution in [3.8, 4) is 11.4 Å². The van der Waals surface area contributed by atoms with E-state index in [1.165, 1.54) is 0 Å². The number of fused-ring (bicyclic) bond motifs is 2. The van der Waals surface area contributed by atoms with Crippen LogP contribution in [-0.2, 0) is 0 Å². The van der Waals surface area contributed by atoms with Crippen molar-refractivity contribution in [3.63, 3.8) is 0 Å². The Kier molecular flexibility index (Phi) is 2.40. The number of hydrogen-bond donors (Lipinski definition) is 0. The molecule has 0 fully saturated rings. The van der Waals surface area contributed by atoms with Crippen molar-refractivity contribution in [3.05, 3.63) is 54.1 Å². The van der Waals surface area contributed by atoms with E-state index < -0.39 is 0 Å². The van der Waals surface area contributed by atoms with Crippen LogP contribution in [0.15, 0.2) is 48.9 Å². The highest BCUT2D eigenvalue weighted by Crippen LogP contribution is 2.27. The summed E-state index contributed by atoms with van der Waals surface area (Å²) in [6.45, 7) is 0. The molecule has 4 rings (SSSR count). The third-order valence-electron chi connectivity index (χ3n) is 3.17. The van der Waals surface area contributed by atoms with Crippen LogP contribution in [0.3, 0.4) is 0 Å². The molecule has 0 radical (unpaired) electrons. The third-order valence-corrected chi connectivity index (χ3v) is 3.44. The number of rotatable bonds is 1. The molecule has 3 aromatic heterocycles. The molecule has 0 atom stereocenters. The molecule has 3 heterocycles. The van der Waals surface area contributed by atoms with E-state index in [0.29, 0.717) is 10.8 Å². The Morgan fingerprint density at radius 2 is 1.90 bits per heavy atom. The van der Waals surface area contributed by atoms with Crippen LogP contribution in [0, 0.1) is 0 Å². The minimum atomic E-state index is 0.338. The van der Waals surface area contributed by atoms with Crippen LogP contribution in [0.4, 0.5) is 0 Å². The number of halogens is 1. The molecule has 0 bridgehead atoms. The van der Waals surface area contributed by atoms with Crippen molar-refractivity contribution in [2.24, 2.45) is 0 Å². The number of hydrogen-bond acceptors (Lipinski definition) is 4. The van der Waals surface area contributed by atoms with E-state index in [0.717, 1.165) is 22.3 Å². The Hall–Kier alpha value is -2.53. The molecule has 20 heavy (non-hydrogen) atoms. The molecule has 96 valence electrons. The lowest BCUT2D eigenvalue weighted by Crippen LogP contribution is -1.92. The van der Waals surface area contributed by atoms with Gasteiger partial charge in [-0.15, -0.1) is 10.2 Å². The molecule has 0 aliphatic rings. The summed E-state index contributed by atoms with van der Waals surface area (Å²) < 4.78 is 1.83. The summed E-state index contributed by atoms with van der Waals surface area (Å²) in [6, 6.07) is 9.84. The first-order valence-corrected chi connectivity index (χ1v) is 6.42. The van der Waals surface area contributed by atoms with Gasteiger partial charge in [0.2, 0.25) is 0 Å². The standard InChI is InChI=1S/C14H8ClN5/c15-12-14-19-18-13(20(14)8-7-17-12)10-3-1-5-11-9(10)4-2-6-16-11/h1-8H. The minimum absolute atomic E-state index is 0.338. The van der Waals surface area contributed by atoms with Gasteiger partial charge in [-0.2, -0.15) is 0 Å². The molecule has 1 aromatic carbocycles. The lowest BCUT2D eigenvalue weighted by molar-refractivity contribution is 1.11. The Bertz CT molecular complexity index is 926. The fraction of sp³-hybridized carbons (Fsp3) is 0. The lowest BCUT2D eigenvalue weighted by Gasteiger charge is -2.04. The smallest absolute Gasteiger partial charge is 0.198 e. The quantitative estimate of drug-likeness (QED) is 0.538. The summed E-state index contributed by atoms with van der Waals surface area (Å²) in [5, 5.41) is 9.70. The average molecular weight is 282 g/mol. The third kappa shape index (κ3) is 1.57. The molecule has 6 heteroatoms. The van der Waals surface area contributed by atoms with E-state index in [1.54, 1.807) is 18.6 Å². The highest BCUT2D eigenvalue weighted by Gasteiger charge is 2.13. The van der Waals surface area contributed by atoms with E-state index in [2.05, 4.69) is 20.2 Å². The van der Waals surface area contributed by atoms with Crippen LogP contribution in [0.2, 0.25) is 5.15 Å². The fourth-order valence-electron chi connectivity index (χ4n) is 2.28. The minimum Gasteiger partial charge on any atom is -0.278 e. The largest absolute Gasteiger partial charge is 0.278 e. The second kappa shape index (κ2) is 4.25. The number of pyridine rings is 1. The topological polar surface area (TPSA) is 56.0 Å². The Balaban J connectivity index is 2.09. The Morgan fingerprint density at radius 1 is 0.950 bits per heavy atom. The van der Waals surface area contributed by atoms with Gasteiger partial charge in [0.05, 0.1) is 5.52 Å². The maximum Gasteiger partial charge on any atom is 0.198 e. The van der Waals surface area contributed by atoms with Crippen molar-refractivity contribution < 1.29 is 0 Å². The van der Waals surface area contributed by atoms with Gasteiger partial charge in [-0.3, -0.25) is 9.38 Å². The fourth-order valence-corrected chi connectivity index (χ4v) is 2.46. The summed E-state index contributed by atoms with van der Waals surface area (Å²) in [5.41, 5.74) is 2.43. The molecule has 0 saturated carbocycles. The molecule has 5 nitrogen and oxygen atoms in total. The van der Waals surface area contributed by atoms with Gasteiger partial charge in [0.1, 0.15) is 0 Å². The van der Waals surface area contributed by atoms with E-state index in [4.69, 9.17) is 11.6 Å². The van der Waals surface area contributed by atoms with Gasteiger partial charge < -0.3 is 0 Å². The molecular formula is C14H8ClN5. The van der Waals surface area contributed by atoms with Crippen LogP contribution in [0.5, 0.6) is 0 Å². The van der Waals surface area contributed by atoms with Gasteiger partial charge in [0.15, 0.2) is 16.6 Å². The van der Waals surface area contributed by atoms with Gasteiger partial charge in [-0.05, 0) is 12.1 Å². The van der Waals surface area contributed by atoms with Crippen molar-refractivity contribution in [2.75, 3.05) is 0 Å². The van der Waals surface area contributed by atoms with Gasteiger partial charge in [0.25, 0.3) is 0 Å². The number of nitrogens with zero attached hydrogens (tertiary/aromatic N) is 5. The predicted octanol–water partition coefficient (Wildman–Crippen LogP) is 2.99. The SMILES string of the molecule is Clc1nccn2c(-c3cccc4ncccc34)nnc12. The molecule has 0 spiro atoms. The van der Waals surface area contributed by atoms with Gasteiger partial charge in [-0.25, -0.2) is 4.98 Å². The molecule has 0 N–H and O–H groups in total. The molecule has 0 amide bonds. The second-order valence-corrected chi connectivity index (χ2v) is 4.67. The van der Waals surface area contributed by atoms with Crippen molar-refractivity contribution in [1.29, 1.82) is 0 Å². The Labute approximate surface area is 118 Å². The predicted molar refractivity (Wildman–Crippen MR) is 76.5 cm³/mol. The molecular weight excluding hydrogens is 274 g/mol. The normalized spacial score (nSPS) is 11.2. The molecule has 0 aliphatic carbocycles. The maximum absolute atomic E-state index is 6.03. The van der Waals surface area contributed by atoms with E-state index in [1.807, 2.05) is 34.7 Å².